The Balaban J connectivity index is 2.76. The van der Waals surface area contributed by atoms with Crippen LogP contribution >= 0.6 is 11.3 Å². The number of carboxylic acids is 1. The molecule has 0 unspecified atom stereocenters. The molecule has 5 heteroatoms. The fourth-order valence-electron chi connectivity index (χ4n) is 1.06. The standard InChI is InChI=1S/C9H11NO3S/c1-6-4-14-5-7(6)9(13)10(2)3-8(11)12/h4-5H,3H2,1-2H3,(H,11,12). The summed E-state index contributed by atoms with van der Waals surface area (Å²) in [5, 5.41) is 12.1. The van der Waals surface area contributed by atoms with Crippen molar-refractivity contribution in [3.05, 3.63) is 21.9 Å². The summed E-state index contributed by atoms with van der Waals surface area (Å²) in [6.45, 7) is 1.56. The van der Waals surface area contributed by atoms with Crippen molar-refractivity contribution in [3.63, 3.8) is 0 Å². The summed E-state index contributed by atoms with van der Waals surface area (Å²) in [5.41, 5.74) is 1.47. The normalized spacial score (nSPS) is 9.86. The summed E-state index contributed by atoms with van der Waals surface area (Å²) in [6, 6.07) is 0. The van der Waals surface area contributed by atoms with Gasteiger partial charge >= 0.3 is 5.97 Å². The lowest BCUT2D eigenvalue weighted by Gasteiger charge is -2.13. The lowest BCUT2D eigenvalue weighted by atomic mass is 10.2. The highest BCUT2D eigenvalue weighted by Gasteiger charge is 2.16. The van der Waals surface area contributed by atoms with Crippen LogP contribution in [0.15, 0.2) is 10.8 Å². The maximum Gasteiger partial charge on any atom is 0.323 e. The van der Waals surface area contributed by atoms with Crippen molar-refractivity contribution < 1.29 is 14.7 Å². The average Bonchev–Trinajstić information content (AvgIpc) is 2.48. The van der Waals surface area contributed by atoms with E-state index in [2.05, 4.69) is 0 Å². The Morgan fingerprint density at radius 3 is 2.57 bits per heavy atom. The number of nitrogens with zero attached hydrogens (tertiary/aromatic N) is 1. The van der Waals surface area contributed by atoms with E-state index in [1.165, 1.54) is 23.3 Å². The third kappa shape index (κ3) is 2.32. The van der Waals surface area contributed by atoms with Gasteiger partial charge in [0.15, 0.2) is 0 Å². The highest BCUT2D eigenvalue weighted by molar-refractivity contribution is 7.08. The molecule has 0 aliphatic rings. The molecule has 1 aromatic rings. The number of carboxylic acid groups (broad SMARTS) is 1. The summed E-state index contributed by atoms with van der Waals surface area (Å²) in [7, 11) is 1.48. The monoisotopic (exact) mass is 213 g/mol. The number of amides is 1. The van der Waals surface area contributed by atoms with Crippen LogP contribution in [0.5, 0.6) is 0 Å². The minimum absolute atomic E-state index is 0.244. The summed E-state index contributed by atoms with van der Waals surface area (Å²) in [4.78, 5) is 23.2. The molecule has 1 amide bonds. The molecule has 0 aliphatic carbocycles. The van der Waals surface area contributed by atoms with Crippen molar-refractivity contribution in [3.8, 4) is 0 Å². The van der Waals surface area contributed by atoms with Crippen molar-refractivity contribution >= 4 is 23.2 Å². The van der Waals surface area contributed by atoms with Crippen LogP contribution in [0.1, 0.15) is 15.9 Å². The minimum Gasteiger partial charge on any atom is -0.480 e. The zero-order valence-electron chi connectivity index (χ0n) is 7.98. The predicted molar refractivity (Wildman–Crippen MR) is 53.7 cm³/mol. The highest BCUT2D eigenvalue weighted by atomic mass is 32.1. The summed E-state index contributed by atoms with van der Waals surface area (Å²) >= 11 is 1.44. The van der Waals surface area contributed by atoms with Crippen LogP contribution in [0.25, 0.3) is 0 Å². The van der Waals surface area contributed by atoms with Gasteiger partial charge in [-0.3, -0.25) is 9.59 Å². The van der Waals surface area contributed by atoms with Gasteiger partial charge in [-0.25, -0.2) is 0 Å². The first kappa shape index (κ1) is 10.7. The molecule has 1 rings (SSSR count). The van der Waals surface area contributed by atoms with Crippen LogP contribution in [0.4, 0.5) is 0 Å². The molecule has 0 spiro atoms. The Bertz CT molecular complexity index is 359. The van der Waals surface area contributed by atoms with Crippen LogP contribution in [0.3, 0.4) is 0 Å². The maximum absolute atomic E-state index is 11.6. The zero-order chi connectivity index (χ0) is 10.7. The highest BCUT2D eigenvalue weighted by Crippen LogP contribution is 2.15. The number of aryl methyl sites for hydroxylation is 1. The van der Waals surface area contributed by atoms with E-state index < -0.39 is 5.97 Å². The minimum atomic E-state index is -1.01. The van der Waals surface area contributed by atoms with Gasteiger partial charge in [0.05, 0.1) is 5.56 Å². The zero-order valence-corrected chi connectivity index (χ0v) is 8.80. The molecule has 76 valence electrons. The largest absolute Gasteiger partial charge is 0.480 e. The van der Waals surface area contributed by atoms with E-state index in [-0.39, 0.29) is 12.5 Å². The number of hydrogen-bond acceptors (Lipinski definition) is 3. The van der Waals surface area contributed by atoms with E-state index in [4.69, 9.17) is 5.11 Å². The number of rotatable bonds is 3. The predicted octanol–water partition coefficient (Wildman–Crippen LogP) is 1.21. The van der Waals surface area contributed by atoms with Gasteiger partial charge in [0, 0.05) is 12.4 Å². The molecule has 0 saturated heterocycles. The number of likely N-dealkylation sites (N-methyl/N-ethyl adjacent to an activating group) is 1. The maximum atomic E-state index is 11.6. The average molecular weight is 213 g/mol. The molecule has 14 heavy (non-hydrogen) atoms. The molecule has 0 aromatic carbocycles. The Morgan fingerprint density at radius 2 is 2.14 bits per heavy atom. The molecule has 4 nitrogen and oxygen atoms in total. The lowest BCUT2D eigenvalue weighted by molar-refractivity contribution is -0.137. The second kappa shape index (κ2) is 4.23. The number of thiophene rings is 1. The number of aliphatic carboxylic acids is 1. The Hall–Kier alpha value is -1.36. The SMILES string of the molecule is Cc1cscc1C(=O)N(C)CC(=O)O. The van der Waals surface area contributed by atoms with Crippen molar-refractivity contribution in [1.29, 1.82) is 0 Å². The van der Waals surface area contributed by atoms with Gasteiger partial charge in [0.1, 0.15) is 6.54 Å². The molecule has 0 fully saturated rings. The van der Waals surface area contributed by atoms with Gasteiger partial charge in [-0.05, 0) is 17.9 Å². The number of hydrogen-bond donors (Lipinski definition) is 1. The van der Waals surface area contributed by atoms with E-state index >= 15 is 0 Å². The summed E-state index contributed by atoms with van der Waals surface area (Å²) in [5.74, 6) is -1.25. The molecule has 0 aliphatic heterocycles. The summed E-state index contributed by atoms with van der Waals surface area (Å²) in [6.07, 6.45) is 0. The lowest BCUT2D eigenvalue weighted by Crippen LogP contribution is -2.31. The second-order valence-electron chi connectivity index (χ2n) is 3.02. The van der Waals surface area contributed by atoms with Gasteiger partial charge in [-0.2, -0.15) is 11.3 Å². The van der Waals surface area contributed by atoms with Crippen LogP contribution in [-0.2, 0) is 4.79 Å². The molecule has 0 radical (unpaired) electrons. The van der Waals surface area contributed by atoms with Gasteiger partial charge in [-0.15, -0.1) is 0 Å². The topological polar surface area (TPSA) is 57.6 Å². The van der Waals surface area contributed by atoms with Crippen molar-refractivity contribution in [1.82, 2.24) is 4.90 Å². The Kier molecular flexibility index (Phi) is 3.24. The van der Waals surface area contributed by atoms with Gasteiger partial charge in [-0.1, -0.05) is 0 Å². The van der Waals surface area contributed by atoms with Crippen LogP contribution in [-0.4, -0.2) is 35.5 Å². The van der Waals surface area contributed by atoms with Gasteiger partial charge in [0.2, 0.25) is 0 Å². The fourth-order valence-corrected chi connectivity index (χ4v) is 1.88. The van der Waals surface area contributed by atoms with Gasteiger partial charge < -0.3 is 10.0 Å². The molecule has 1 N–H and O–H groups in total. The Morgan fingerprint density at radius 1 is 1.50 bits per heavy atom. The molecular formula is C9H11NO3S. The van der Waals surface area contributed by atoms with E-state index in [0.29, 0.717) is 5.56 Å². The molecule has 0 atom stereocenters. The van der Waals surface area contributed by atoms with E-state index in [1.54, 1.807) is 5.38 Å². The second-order valence-corrected chi connectivity index (χ2v) is 3.77. The molecular weight excluding hydrogens is 202 g/mol. The van der Waals surface area contributed by atoms with Crippen molar-refractivity contribution in [2.24, 2.45) is 0 Å². The smallest absolute Gasteiger partial charge is 0.323 e. The Labute approximate surface area is 85.8 Å². The van der Waals surface area contributed by atoms with E-state index in [9.17, 15) is 9.59 Å². The molecule has 0 bridgehead atoms. The molecule has 0 saturated carbocycles. The van der Waals surface area contributed by atoms with Crippen LogP contribution in [0, 0.1) is 6.92 Å². The van der Waals surface area contributed by atoms with Crippen LogP contribution in [0.2, 0.25) is 0 Å². The van der Waals surface area contributed by atoms with E-state index in [0.717, 1.165) is 5.56 Å². The first-order valence-electron chi connectivity index (χ1n) is 4.02. The van der Waals surface area contributed by atoms with Gasteiger partial charge in [0.25, 0.3) is 5.91 Å². The van der Waals surface area contributed by atoms with Crippen molar-refractivity contribution in [2.45, 2.75) is 6.92 Å². The quantitative estimate of drug-likeness (QED) is 0.821. The number of carbonyl (C=O) groups is 2. The first-order chi connectivity index (χ1) is 6.52. The number of carbonyl (C=O) groups excluding carboxylic acids is 1. The van der Waals surface area contributed by atoms with E-state index in [1.807, 2.05) is 12.3 Å². The van der Waals surface area contributed by atoms with Crippen LogP contribution < -0.4 is 0 Å². The molecule has 1 heterocycles. The molecule has 1 aromatic heterocycles. The fraction of sp³-hybridized carbons (Fsp3) is 0.333. The summed E-state index contributed by atoms with van der Waals surface area (Å²) < 4.78 is 0. The van der Waals surface area contributed by atoms with Crippen molar-refractivity contribution in [2.75, 3.05) is 13.6 Å². The third-order valence-corrected chi connectivity index (χ3v) is 2.67. The first-order valence-corrected chi connectivity index (χ1v) is 4.96. The third-order valence-electron chi connectivity index (χ3n) is 1.81.